The van der Waals surface area contributed by atoms with Crippen molar-refractivity contribution in [1.29, 1.82) is 0 Å². The van der Waals surface area contributed by atoms with Crippen molar-refractivity contribution in [3.8, 4) is 28.7 Å². The molecule has 3 atom stereocenters. The highest BCUT2D eigenvalue weighted by molar-refractivity contribution is 6.00. The van der Waals surface area contributed by atoms with E-state index >= 15 is 0 Å². The Kier molecular flexibility index (Phi) is 8.85. The molecule has 6 rings (SSSR count). The van der Waals surface area contributed by atoms with E-state index in [1.54, 1.807) is 41.3 Å². The van der Waals surface area contributed by atoms with Gasteiger partial charge in [0.2, 0.25) is 19.5 Å². The quantitative estimate of drug-likeness (QED) is 0.342. The van der Waals surface area contributed by atoms with Crippen molar-refractivity contribution >= 4 is 23.3 Å². The molecule has 238 valence electrons. The number of aliphatic hydroxyl groups excluding tert-OH is 1. The fourth-order valence-corrected chi connectivity index (χ4v) is 5.72. The lowest BCUT2D eigenvalue weighted by atomic mass is 10.0. The predicted octanol–water partition coefficient (Wildman–Crippen LogP) is 4.07. The van der Waals surface area contributed by atoms with Crippen molar-refractivity contribution in [3.63, 3.8) is 0 Å². The van der Waals surface area contributed by atoms with Crippen LogP contribution in [0.1, 0.15) is 25.0 Å². The van der Waals surface area contributed by atoms with Gasteiger partial charge in [0.05, 0.1) is 19.1 Å². The van der Waals surface area contributed by atoms with Crippen molar-refractivity contribution in [1.82, 2.24) is 9.80 Å². The van der Waals surface area contributed by atoms with Crippen LogP contribution in [0.4, 0.5) is 16.2 Å². The topological polar surface area (TPSA) is 131 Å². The van der Waals surface area contributed by atoms with Gasteiger partial charge in [0.15, 0.2) is 23.0 Å². The minimum absolute atomic E-state index is 0.0432. The Morgan fingerprint density at radius 2 is 1.56 bits per heavy atom. The van der Waals surface area contributed by atoms with Crippen molar-refractivity contribution in [3.05, 3.63) is 65.7 Å². The summed E-state index contributed by atoms with van der Waals surface area (Å²) in [6.07, 6.45) is -0.207. The Balaban J connectivity index is 1.19. The summed E-state index contributed by atoms with van der Waals surface area (Å²) in [6.45, 7) is 5.79. The van der Waals surface area contributed by atoms with E-state index in [-0.39, 0.29) is 50.6 Å². The van der Waals surface area contributed by atoms with Crippen LogP contribution in [0.5, 0.6) is 28.7 Å². The normalized spacial score (nSPS) is 19.2. The second kappa shape index (κ2) is 13.1. The highest BCUT2D eigenvalue weighted by Crippen LogP contribution is 2.35. The lowest BCUT2D eigenvalue weighted by Gasteiger charge is -2.34. The third-order valence-corrected chi connectivity index (χ3v) is 8.19. The first-order chi connectivity index (χ1) is 21.7. The Labute approximate surface area is 261 Å². The van der Waals surface area contributed by atoms with Crippen LogP contribution in [-0.4, -0.2) is 79.3 Å². The third-order valence-electron chi connectivity index (χ3n) is 8.19. The Hall–Kier alpha value is -4.68. The predicted molar refractivity (Wildman–Crippen MR) is 166 cm³/mol. The van der Waals surface area contributed by atoms with E-state index in [2.05, 4.69) is 22.5 Å². The van der Waals surface area contributed by atoms with Crippen LogP contribution >= 0.6 is 0 Å². The Morgan fingerprint density at radius 1 is 0.933 bits per heavy atom. The van der Waals surface area contributed by atoms with Gasteiger partial charge in [-0.2, -0.15) is 0 Å². The number of hydrogen-bond donors (Lipinski definition) is 3. The molecule has 3 amide bonds. The molecule has 0 fully saturated rings. The number of amides is 3. The van der Waals surface area contributed by atoms with Crippen LogP contribution in [0.2, 0.25) is 0 Å². The number of aliphatic hydroxyl groups is 1. The molecule has 0 saturated heterocycles. The van der Waals surface area contributed by atoms with Crippen LogP contribution in [0.25, 0.3) is 0 Å². The molecule has 3 aromatic carbocycles. The molecule has 3 aliphatic heterocycles. The molecule has 0 bridgehead atoms. The van der Waals surface area contributed by atoms with Crippen LogP contribution in [0.3, 0.4) is 0 Å². The molecule has 3 aliphatic rings. The average molecular weight is 619 g/mol. The first-order valence-corrected chi connectivity index (χ1v) is 15.0. The van der Waals surface area contributed by atoms with Gasteiger partial charge in [0.1, 0.15) is 11.9 Å². The molecule has 3 heterocycles. The number of ether oxygens (including phenoxy) is 5. The number of nitrogens with one attached hydrogen (secondary N) is 2. The molecule has 0 unspecified atom stereocenters. The summed E-state index contributed by atoms with van der Waals surface area (Å²) in [5, 5.41) is 15.6. The van der Waals surface area contributed by atoms with Gasteiger partial charge in [-0.15, -0.1) is 0 Å². The number of benzene rings is 3. The monoisotopic (exact) mass is 618 g/mol. The smallest absolute Gasteiger partial charge is 0.323 e. The zero-order valence-corrected chi connectivity index (χ0v) is 25.6. The number of likely N-dealkylation sites (N-methyl/N-ethyl adjacent to an activating group) is 1. The third kappa shape index (κ3) is 7.02. The summed E-state index contributed by atoms with van der Waals surface area (Å²) in [5.41, 5.74) is 2.79. The van der Waals surface area contributed by atoms with Gasteiger partial charge in [0.25, 0.3) is 0 Å². The van der Waals surface area contributed by atoms with E-state index in [1.807, 2.05) is 32.2 Å². The van der Waals surface area contributed by atoms with E-state index in [0.717, 1.165) is 17.1 Å². The number of carbonyl (C=O) groups is 2. The highest BCUT2D eigenvalue weighted by Gasteiger charge is 2.31. The van der Waals surface area contributed by atoms with E-state index in [4.69, 9.17) is 23.7 Å². The van der Waals surface area contributed by atoms with Gasteiger partial charge in [0, 0.05) is 48.6 Å². The van der Waals surface area contributed by atoms with Crippen LogP contribution in [-0.2, 0) is 17.8 Å². The molecule has 3 aromatic rings. The largest absolute Gasteiger partial charge is 0.488 e. The number of urea groups is 1. The molecule has 0 spiro atoms. The summed E-state index contributed by atoms with van der Waals surface area (Å²) >= 11 is 0. The zero-order valence-electron chi connectivity index (χ0n) is 25.6. The highest BCUT2D eigenvalue weighted by atomic mass is 16.7. The minimum atomic E-state index is -0.448. The first kappa shape index (κ1) is 30.4. The van der Waals surface area contributed by atoms with Gasteiger partial charge in [-0.3, -0.25) is 9.69 Å². The maximum atomic E-state index is 13.6. The number of anilines is 2. The standard InChI is InChI=1S/C33H38N4O8/c1-20-14-37(21(2)17-38)32(39)12-23-11-24(34-33(40)35-25-6-9-28-30(13-25)44-19-42-28)5-8-26(23)45-31(20)16-36(3)15-22-4-7-27-29(10-22)43-18-41-27/h4-11,13,20-21,31,38H,12,14-19H2,1-3H3,(H2,34,35,40)/t20-,21-,31+/m0/s1. The summed E-state index contributed by atoms with van der Waals surface area (Å²) in [5.74, 6) is 3.09. The molecule has 0 aromatic heterocycles. The van der Waals surface area contributed by atoms with Crippen molar-refractivity contribution in [2.45, 2.75) is 39.0 Å². The van der Waals surface area contributed by atoms with Crippen molar-refractivity contribution in [2.75, 3.05) is 51.0 Å². The number of rotatable bonds is 8. The van der Waals surface area contributed by atoms with Crippen LogP contribution < -0.4 is 34.3 Å². The van der Waals surface area contributed by atoms with Crippen molar-refractivity contribution in [2.24, 2.45) is 5.92 Å². The number of nitrogens with zero attached hydrogens (tertiary/aromatic N) is 2. The molecule has 0 radical (unpaired) electrons. The molecular formula is C33H38N4O8. The summed E-state index contributed by atoms with van der Waals surface area (Å²) in [7, 11) is 2.03. The zero-order chi connectivity index (χ0) is 31.5. The fraction of sp³-hybridized carbons (Fsp3) is 0.394. The first-order valence-electron chi connectivity index (χ1n) is 15.0. The molecular weight excluding hydrogens is 580 g/mol. The fourth-order valence-electron chi connectivity index (χ4n) is 5.72. The summed E-state index contributed by atoms with van der Waals surface area (Å²) in [4.78, 5) is 30.3. The van der Waals surface area contributed by atoms with Gasteiger partial charge in [-0.1, -0.05) is 13.0 Å². The van der Waals surface area contributed by atoms with Crippen molar-refractivity contribution < 1.29 is 38.4 Å². The van der Waals surface area contributed by atoms with Crippen LogP contribution in [0.15, 0.2) is 54.6 Å². The summed E-state index contributed by atoms with van der Waals surface area (Å²) in [6, 6.07) is 15.6. The number of fused-ring (bicyclic) bond motifs is 3. The summed E-state index contributed by atoms with van der Waals surface area (Å²) < 4.78 is 28.3. The molecule has 45 heavy (non-hydrogen) atoms. The Bertz CT molecular complexity index is 1570. The molecule has 0 saturated carbocycles. The average Bonchev–Trinajstić information content (AvgIpc) is 3.69. The number of carbonyl (C=O) groups excluding carboxylic acids is 2. The SMILES string of the molecule is C[C@H]1CN([C@@H](C)CO)C(=O)Cc2cc(NC(=O)Nc3ccc4c(c3)OCO4)ccc2O[C@@H]1CN(C)Cc1ccc2c(c1)OCO2. The van der Waals surface area contributed by atoms with E-state index in [1.165, 1.54) is 0 Å². The molecule has 12 heteroatoms. The minimum Gasteiger partial charge on any atom is -0.488 e. The van der Waals surface area contributed by atoms with Crippen LogP contribution in [0, 0.1) is 5.92 Å². The molecule has 3 N–H and O–H groups in total. The van der Waals surface area contributed by atoms with E-state index in [9.17, 15) is 14.7 Å². The lowest BCUT2D eigenvalue weighted by Crippen LogP contribution is -2.47. The van der Waals surface area contributed by atoms with Gasteiger partial charge in [-0.05, 0) is 62.0 Å². The molecule has 12 nitrogen and oxygen atoms in total. The second-order valence-corrected chi connectivity index (χ2v) is 11.7. The van der Waals surface area contributed by atoms with E-state index < -0.39 is 6.03 Å². The van der Waals surface area contributed by atoms with Gasteiger partial charge >= 0.3 is 6.03 Å². The number of hydrogen-bond acceptors (Lipinski definition) is 9. The van der Waals surface area contributed by atoms with E-state index in [0.29, 0.717) is 53.8 Å². The maximum Gasteiger partial charge on any atom is 0.323 e. The maximum absolute atomic E-state index is 13.6. The second-order valence-electron chi connectivity index (χ2n) is 11.7. The lowest BCUT2D eigenvalue weighted by molar-refractivity contribution is -0.134. The molecule has 0 aliphatic carbocycles. The van der Waals surface area contributed by atoms with Gasteiger partial charge < -0.3 is 44.3 Å². The van der Waals surface area contributed by atoms with Gasteiger partial charge in [-0.25, -0.2) is 4.79 Å². The Morgan fingerprint density at radius 3 is 2.27 bits per heavy atom.